The van der Waals surface area contributed by atoms with Crippen molar-refractivity contribution >= 4 is 27.4 Å². The van der Waals surface area contributed by atoms with Gasteiger partial charge in [0, 0.05) is 18.8 Å². The molecule has 26 heavy (non-hydrogen) atoms. The van der Waals surface area contributed by atoms with E-state index in [2.05, 4.69) is 14.8 Å². The molecule has 3 aromatic rings. The third-order valence-electron chi connectivity index (χ3n) is 3.97. The molecule has 136 valence electrons. The number of hydrogen-bond acceptors (Lipinski definition) is 5. The summed E-state index contributed by atoms with van der Waals surface area (Å²) in [4.78, 5) is 4.30. The Bertz CT molecular complexity index is 1050. The molecule has 0 saturated heterocycles. The van der Waals surface area contributed by atoms with E-state index in [4.69, 9.17) is 16.3 Å². The number of anilines is 1. The summed E-state index contributed by atoms with van der Waals surface area (Å²) in [6.07, 6.45) is 2.89. The van der Waals surface area contributed by atoms with Crippen molar-refractivity contribution in [2.24, 2.45) is 7.05 Å². The van der Waals surface area contributed by atoms with Gasteiger partial charge in [-0.25, -0.2) is 13.4 Å². The highest BCUT2D eigenvalue weighted by molar-refractivity contribution is 7.92. The van der Waals surface area contributed by atoms with Crippen LogP contribution in [0.3, 0.4) is 0 Å². The molecule has 9 heteroatoms. The first-order valence-electron chi connectivity index (χ1n) is 7.63. The summed E-state index contributed by atoms with van der Waals surface area (Å²) in [5.74, 6) is 0.802. The molecule has 3 rings (SSSR count). The molecule has 0 radical (unpaired) electrons. The average Bonchev–Trinajstić information content (AvgIpc) is 2.95. The molecule has 0 saturated carbocycles. The Kier molecular flexibility index (Phi) is 4.88. The average molecular weight is 393 g/mol. The number of ether oxygens (including phenoxy) is 1. The molecule has 0 fully saturated rings. The number of aryl methyl sites for hydroxylation is 1. The molecule has 7 nitrogen and oxygen atoms in total. The molecule has 1 N–H and O–H groups in total. The van der Waals surface area contributed by atoms with Crippen LogP contribution in [0.15, 0.2) is 47.6 Å². The SMILES string of the molecule is COc1ccc(-c2ccc(NS(=O)(=O)c3cnn(C)c3C)nc2)cc1Cl. The third-order valence-corrected chi connectivity index (χ3v) is 5.72. The van der Waals surface area contributed by atoms with Gasteiger partial charge < -0.3 is 4.74 Å². The van der Waals surface area contributed by atoms with Crippen LogP contribution in [0.4, 0.5) is 5.82 Å². The second-order valence-electron chi connectivity index (χ2n) is 5.60. The van der Waals surface area contributed by atoms with E-state index in [1.165, 1.54) is 10.9 Å². The van der Waals surface area contributed by atoms with Gasteiger partial charge in [-0.2, -0.15) is 5.10 Å². The number of pyridine rings is 1. The predicted octanol–water partition coefficient (Wildman–Crippen LogP) is 3.25. The summed E-state index contributed by atoms with van der Waals surface area (Å²) >= 11 is 6.14. The van der Waals surface area contributed by atoms with E-state index in [0.29, 0.717) is 16.5 Å². The second kappa shape index (κ2) is 6.97. The fraction of sp³-hybridized carbons (Fsp3) is 0.176. The van der Waals surface area contributed by atoms with Crippen molar-refractivity contribution < 1.29 is 13.2 Å². The number of benzene rings is 1. The lowest BCUT2D eigenvalue weighted by Gasteiger charge is -2.09. The van der Waals surface area contributed by atoms with Crippen LogP contribution in [-0.2, 0) is 17.1 Å². The van der Waals surface area contributed by atoms with E-state index >= 15 is 0 Å². The lowest BCUT2D eigenvalue weighted by Crippen LogP contribution is -2.14. The minimum Gasteiger partial charge on any atom is -0.495 e. The number of nitrogens with zero attached hydrogens (tertiary/aromatic N) is 3. The summed E-state index contributed by atoms with van der Waals surface area (Å²) in [7, 11) is -0.519. The van der Waals surface area contributed by atoms with Crippen LogP contribution in [0, 0.1) is 6.92 Å². The van der Waals surface area contributed by atoms with Gasteiger partial charge in [0.1, 0.15) is 16.5 Å². The first kappa shape index (κ1) is 18.2. The Morgan fingerprint density at radius 3 is 2.42 bits per heavy atom. The molecule has 0 atom stereocenters. The number of aromatic nitrogens is 3. The summed E-state index contributed by atoms with van der Waals surface area (Å²) in [6.45, 7) is 1.69. The Labute approximate surface area is 156 Å². The van der Waals surface area contributed by atoms with Crippen molar-refractivity contribution in [2.75, 3.05) is 11.8 Å². The van der Waals surface area contributed by atoms with Crippen molar-refractivity contribution in [3.05, 3.63) is 53.4 Å². The highest BCUT2D eigenvalue weighted by Crippen LogP contribution is 2.30. The lowest BCUT2D eigenvalue weighted by atomic mass is 10.1. The number of hydrogen-bond donors (Lipinski definition) is 1. The van der Waals surface area contributed by atoms with Gasteiger partial charge in [-0.3, -0.25) is 9.40 Å². The minimum atomic E-state index is -3.75. The molecule has 0 bridgehead atoms. The van der Waals surface area contributed by atoms with Crippen molar-refractivity contribution in [1.29, 1.82) is 0 Å². The summed E-state index contributed by atoms with van der Waals surface area (Å²) < 4.78 is 34.0. The number of halogens is 1. The Hall–Kier alpha value is -2.58. The molecule has 2 aromatic heterocycles. The van der Waals surface area contributed by atoms with Gasteiger partial charge >= 0.3 is 0 Å². The maximum Gasteiger partial charge on any atom is 0.266 e. The van der Waals surface area contributed by atoms with Crippen LogP contribution in [-0.4, -0.2) is 30.3 Å². The number of rotatable bonds is 5. The quantitative estimate of drug-likeness (QED) is 0.720. The Balaban J connectivity index is 1.84. The molecule has 0 spiro atoms. The topological polar surface area (TPSA) is 86.1 Å². The normalized spacial score (nSPS) is 11.4. The van der Waals surface area contributed by atoms with Crippen molar-refractivity contribution in [3.63, 3.8) is 0 Å². The van der Waals surface area contributed by atoms with Crippen LogP contribution in [0.5, 0.6) is 5.75 Å². The van der Waals surface area contributed by atoms with Crippen molar-refractivity contribution in [1.82, 2.24) is 14.8 Å². The minimum absolute atomic E-state index is 0.118. The fourth-order valence-electron chi connectivity index (χ4n) is 2.41. The zero-order valence-electron chi connectivity index (χ0n) is 14.4. The van der Waals surface area contributed by atoms with E-state index in [0.717, 1.165) is 11.1 Å². The maximum absolute atomic E-state index is 12.5. The van der Waals surface area contributed by atoms with E-state index in [-0.39, 0.29) is 10.7 Å². The molecule has 0 unspecified atom stereocenters. The second-order valence-corrected chi connectivity index (χ2v) is 7.66. The number of sulfonamides is 1. The van der Waals surface area contributed by atoms with E-state index in [9.17, 15) is 8.42 Å². The molecule has 0 aliphatic carbocycles. The van der Waals surface area contributed by atoms with Gasteiger partial charge in [0.25, 0.3) is 10.0 Å². The van der Waals surface area contributed by atoms with Crippen molar-refractivity contribution in [3.8, 4) is 16.9 Å². The van der Waals surface area contributed by atoms with Gasteiger partial charge in [0.2, 0.25) is 0 Å². The van der Waals surface area contributed by atoms with Crippen LogP contribution < -0.4 is 9.46 Å². The summed E-state index contributed by atoms with van der Waals surface area (Å²) in [6, 6.07) is 8.74. The van der Waals surface area contributed by atoms with E-state index < -0.39 is 10.0 Å². The highest BCUT2D eigenvalue weighted by atomic mass is 35.5. The molecule has 2 heterocycles. The molecule has 0 amide bonds. The Morgan fingerprint density at radius 1 is 1.15 bits per heavy atom. The monoisotopic (exact) mass is 392 g/mol. The van der Waals surface area contributed by atoms with Gasteiger partial charge in [-0.15, -0.1) is 0 Å². The predicted molar refractivity (Wildman–Crippen MR) is 100.0 cm³/mol. The first-order chi connectivity index (χ1) is 12.3. The van der Waals surface area contributed by atoms with Crippen LogP contribution in [0.2, 0.25) is 5.02 Å². The standard InChI is InChI=1S/C17H17ClN4O3S/c1-11-16(10-20-22(11)2)26(23,24)21-17-7-5-13(9-19-17)12-4-6-15(25-3)14(18)8-12/h4-10H,1-3H3,(H,19,21). The smallest absolute Gasteiger partial charge is 0.266 e. The number of methoxy groups -OCH3 is 1. The molecule has 1 aromatic carbocycles. The summed E-state index contributed by atoms with van der Waals surface area (Å²) in [5, 5.41) is 4.44. The van der Waals surface area contributed by atoms with Gasteiger partial charge in [0.15, 0.2) is 0 Å². The van der Waals surface area contributed by atoms with Crippen LogP contribution in [0.1, 0.15) is 5.69 Å². The van der Waals surface area contributed by atoms with Crippen LogP contribution >= 0.6 is 11.6 Å². The molecular weight excluding hydrogens is 376 g/mol. The van der Waals surface area contributed by atoms with E-state index in [1.807, 2.05) is 6.07 Å². The van der Waals surface area contributed by atoms with Gasteiger partial charge in [-0.1, -0.05) is 17.7 Å². The number of nitrogens with one attached hydrogen (secondary N) is 1. The molecular formula is C17H17ClN4O3S. The van der Waals surface area contributed by atoms with E-state index in [1.54, 1.807) is 51.5 Å². The Morgan fingerprint density at radius 2 is 1.88 bits per heavy atom. The zero-order valence-corrected chi connectivity index (χ0v) is 16.0. The van der Waals surface area contributed by atoms with Gasteiger partial charge in [-0.05, 0) is 36.8 Å². The third kappa shape index (κ3) is 3.51. The highest BCUT2D eigenvalue weighted by Gasteiger charge is 2.20. The van der Waals surface area contributed by atoms with Gasteiger partial charge in [0.05, 0.1) is 24.0 Å². The fourth-order valence-corrected chi connectivity index (χ4v) is 3.88. The maximum atomic E-state index is 12.5. The lowest BCUT2D eigenvalue weighted by molar-refractivity contribution is 0.415. The zero-order chi connectivity index (χ0) is 18.9. The van der Waals surface area contributed by atoms with Crippen molar-refractivity contribution in [2.45, 2.75) is 11.8 Å². The largest absolute Gasteiger partial charge is 0.495 e. The first-order valence-corrected chi connectivity index (χ1v) is 9.49. The molecule has 0 aliphatic rings. The molecule has 0 aliphatic heterocycles. The summed E-state index contributed by atoms with van der Waals surface area (Å²) in [5.41, 5.74) is 2.19. The van der Waals surface area contributed by atoms with Crippen LogP contribution in [0.25, 0.3) is 11.1 Å².